The third-order valence-electron chi connectivity index (χ3n) is 4.25. The Morgan fingerprint density at radius 3 is 2.38 bits per heavy atom. The SMILES string of the molecule is NC(=O)C1CCN(C(=O)c2ccc(-c3ccc(Cl)cc3)cc2F)C1. The van der Waals surface area contributed by atoms with Crippen LogP contribution in [0.4, 0.5) is 4.39 Å². The van der Waals surface area contributed by atoms with Crippen molar-refractivity contribution < 1.29 is 14.0 Å². The van der Waals surface area contributed by atoms with Gasteiger partial charge in [-0.05, 0) is 41.8 Å². The minimum atomic E-state index is -0.588. The van der Waals surface area contributed by atoms with Crippen LogP contribution in [-0.4, -0.2) is 29.8 Å². The van der Waals surface area contributed by atoms with Gasteiger partial charge in [0.05, 0.1) is 11.5 Å². The summed E-state index contributed by atoms with van der Waals surface area (Å²) in [5, 5.41) is 0.601. The van der Waals surface area contributed by atoms with Gasteiger partial charge >= 0.3 is 0 Å². The van der Waals surface area contributed by atoms with Gasteiger partial charge in [-0.3, -0.25) is 9.59 Å². The monoisotopic (exact) mass is 346 g/mol. The van der Waals surface area contributed by atoms with E-state index in [-0.39, 0.29) is 18.0 Å². The van der Waals surface area contributed by atoms with Crippen LogP contribution in [0.1, 0.15) is 16.8 Å². The molecular formula is C18H16ClFN2O2. The molecule has 2 aromatic rings. The van der Waals surface area contributed by atoms with Crippen molar-refractivity contribution in [2.24, 2.45) is 11.7 Å². The van der Waals surface area contributed by atoms with Crippen LogP contribution < -0.4 is 5.73 Å². The van der Waals surface area contributed by atoms with Gasteiger partial charge in [-0.2, -0.15) is 0 Å². The molecule has 0 aromatic heterocycles. The molecule has 1 fully saturated rings. The highest BCUT2D eigenvalue weighted by Gasteiger charge is 2.31. The summed E-state index contributed by atoms with van der Waals surface area (Å²) in [6, 6.07) is 11.5. The molecule has 1 saturated heterocycles. The van der Waals surface area contributed by atoms with Crippen LogP contribution in [-0.2, 0) is 4.79 Å². The smallest absolute Gasteiger partial charge is 0.256 e. The summed E-state index contributed by atoms with van der Waals surface area (Å²) in [5.74, 6) is -1.79. The first-order chi connectivity index (χ1) is 11.5. The van der Waals surface area contributed by atoms with Gasteiger partial charge in [0, 0.05) is 18.1 Å². The third kappa shape index (κ3) is 3.26. The molecule has 4 nitrogen and oxygen atoms in total. The quantitative estimate of drug-likeness (QED) is 0.928. The lowest BCUT2D eigenvalue weighted by Crippen LogP contribution is -2.32. The number of hydrogen-bond donors (Lipinski definition) is 1. The van der Waals surface area contributed by atoms with E-state index in [0.717, 1.165) is 5.56 Å². The molecule has 124 valence electrons. The Morgan fingerprint density at radius 1 is 1.12 bits per heavy atom. The number of rotatable bonds is 3. The molecule has 0 spiro atoms. The van der Waals surface area contributed by atoms with E-state index >= 15 is 0 Å². The van der Waals surface area contributed by atoms with Crippen molar-refractivity contribution in [1.29, 1.82) is 0 Å². The number of amides is 2. The molecule has 0 aliphatic carbocycles. The second-order valence-corrected chi connectivity index (χ2v) is 6.28. The van der Waals surface area contributed by atoms with Crippen LogP contribution in [0.5, 0.6) is 0 Å². The van der Waals surface area contributed by atoms with Crippen LogP contribution in [0.25, 0.3) is 11.1 Å². The van der Waals surface area contributed by atoms with Crippen molar-refractivity contribution >= 4 is 23.4 Å². The molecule has 1 unspecified atom stereocenters. The number of primary amides is 1. The third-order valence-corrected chi connectivity index (χ3v) is 4.51. The van der Waals surface area contributed by atoms with Crippen LogP contribution in [0, 0.1) is 11.7 Å². The number of likely N-dealkylation sites (tertiary alicyclic amines) is 1. The molecular weight excluding hydrogens is 331 g/mol. The Hall–Kier alpha value is -2.40. The molecule has 2 aromatic carbocycles. The molecule has 6 heteroatoms. The van der Waals surface area contributed by atoms with Gasteiger partial charge in [-0.25, -0.2) is 4.39 Å². The largest absolute Gasteiger partial charge is 0.369 e. The molecule has 2 amide bonds. The minimum Gasteiger partial charge on any atom is -0.369 e. The lowest BCUT2D eigenvalue weighted by molar-refractivity contribution is -0.121. The molecule has 0 bridgehead atoms. The zero-order chi connectivity index (χ0) is 17.3. The normalized spacial score (nSPS) is 17.1. The van der Waals surface area contributed by atoms with E-state index in [1.807, 2.05) is 0 Å². The number of nitrogens with zero attached hydrogens (tertiary/aromatic N) is 1. The van der Waals surface area contributed by atoms with Crippen molar-refractivity contribution in [3.05, 3.63) is 58.9 Å². The standard InChI is InChI=1S/C18H16ClFN2O2/c19-14-4-1-11(2-5-14)12-3-6-15(16(20)9-12)18(24)22-8-7-13(10-22)17(21)23/h1-6,9,13H,7-8,10H2,(H2,21,23). The Labute approximate surface area is 144 Å². The maximum absolute atomic E-state index is 14.4. The number of carbonyl (C=O) groups is 2. The van der Waals surface area contributed by atoms with Gasteiger partial charge in [0.1, 0.15) is 5.82 Å². The Bertz CT molecular complexity index is 792. The maximum atomic E-state index is 14.4. The summed E-state index contributed by atoms with van der Waals surface area (Å²) in [7, 11) is 0. The van der Waals surface area contributed by atoms with Crippen molar-refractivity contribution in [1.82, 2.24) is 4.90 Å². The molecule has 1 heterocycles. The zero-order valence-electron chi connectivity index (χ0n) is 12.8. The number of nitrogens with two attached hydrogens (primary N) is 1. The van der Waals surface area contributed by atoms with Gasteiger partial charge < -0.3 is 10.6 Å². The fourth-order valence-electron chi connectivity index (χ4n) is 2.86. The van der Waals surface area contributed by atoms with Gasteiger partial charge in [0.2, 0.25) is 5.91 Å². The predicted octanol–water partition coefficient (Wildman–Crippen LogP) is 3.09. The van der Waals surface area contributed by atoms with Crippen LogP contribution in [0.3, 0.4) is 0 Å². The van der Waals surface area contributed by atoms with E-state index in [1.165, 1.54) is 17.0 Å². The van der Waals surface area contributed by atoms with Gasteiger partial charge in [-0.1, -0.05) is 29.8 Å². The second kappa shape index (κ2) is 6.61. The zero-order valence-corrected chi connectivity index (χ0v) is 13.6. The molecule has 1 atom stereocenters. The maximum Gasteiger partial charge on any atom is 0.256 e. The predicted molar refractivity (Wildman–Crippen MR) is 90.1 cm³/mol. The van der Waals surface area contributed by atoms with Crippen molar-refractivity contribution in [2.45, 2.75) is 6.42 Å². The molecule has 0 radical (unpaired) electrons. The molecule has 1 aliphatic rings. The highest BCUT2D eigenvalue weighted by Crippen LogP contribution is 2.25. The van der Waals surface area contributed by atoms with Crippen LogP contribution >= 0.6 is 11.6 Å². The molecule has 0 saturated carbocycles. The van der Waals surface area contributed by atoms with Gasteiger partial charge in [0.15, 0.2) is 0 Å². The fourth-order valence-corrected chi connectivity index (χ4v) is 2.98. The first-order valence-electron chi connectivity index (χ1n) is 7.60. The van der Waals surface area contributed by atoms with Gasteiger partial charge in [-0.15, -0.1) is 0 Å². The van der Waals surface area contributed by atoms with E-state index < -0.39 is 17.6 Å². The average Bonchev–Trinajstić information content (AvgIpc) is 3.05. The molecule has 2 N–H and O–H groups in total. The number of carbonyl (C=O) groups excluding carboxylic acids is 2. The summed E-state index contributed by atoms with van der Waals surface area (Å²) in [4.78, 5) is 25.1. The Balaban J connectivity index is 1.81. The highest BCUT2D eigenvalue weighted by molar-refractivity contribution is 6.30. The van der Waals surface area contributed by atoms with Crippen LogP contribution in [0.2, 0.25) is 5.02 Å². The lowest BCUT2D eigenvalue weighted by Gasteiger charge is -2.16. The topological polar surface area (TPSA) is 63.4 Å². The average molecular weight is 347 g/mol. The Kier molecular flexibility index (Phi) is 4.53. The summed E-state index contributed by atoms with van der Waals surface area (Å²) in [6.45, 7) is 0.650. The summed E-state index contributed by atoms with van der Waals surface area (Å²) >= 11 is 5.85. The first-order valence-corrected chi connectivity index (χ1v) is 7.97. The van der Waals surface area contributed by atoms with E-state index in [4.69, 9.17) is 17.3 Å². The number of halogens is 2. The fraction of sp³-hybridized carbons (Fsp3) is 0.222. The van der Waals surface area contributed by atoms with Crippen molar-refractivity contribution in [2.75, 3.05) is 13.1 Å². The lowest BCUT2D eigenvalue weighted by atomic mass is 10.0. The first kappa shape index (κ1) is 16.5. The number of benzene rings is 2. The van der Waals surface area contributed by atoms with E-state index in [0.29, 0.717) is 23.6 Å². The summed E-state index contributed by atoms with van der Waals surface area (Å²) in [6.07, 6.45) is 0.519. The Morgan fingerprint density at radius 2 is 1.79 bits per heavy atom. The van der Waals surface area contributed by atoms with Gasteiger partial charge in [0.25, 0.3) is 5.91 Å². The van der Waals surface area contributed by atoms with E-state index in [9.17, 15) is 14.0 Å². The van der Waals surface area contributed by atoms with Crippen molar-refractivity contribution in [3.8, 4) is 11.1 Å². The van der Waals surface area contributed by atoms with Crippen LogP contribution in [0.15, 0.2) is 42.5 Å². The van der Waals surface area contributed by atoms with Crippen molar-refractivity contribution in [3.63, 3.8) is 0 Å². The summed E-state index contributed by atoms with van der Waals surface area (Å²) in [5.41, 5.74) is 6.74. The molecule has 3 rings (SSSR count). The molecule has 1 aliphatic heterocycles. The van der Waals surface area contributed by atoms with E-state index in [2.05, 4.69) is 0 Å². The molecule has 24 heavy (non-hydrogen) atoms. The summed E-state index contributed by atoms with van der Waals surface area (Å²) < 4.78 is 14.4. The van der Waals surface area contributed by atoms with E-state index in [1.54, 1.807) is 30.3 Å². The second-order valence-electron chi connectivity index (χ2n) is 5.84. The number of hydrogen-bond acceptors (Lipinski definition) is 2. The highest BCUT2D eigenvalue weighted by atomic mass is 35.5. The minimum absolute atomic E-state index is 0.00201.